The van der Waals surface area contributed by atoms with Gasteiger partial charge in [-0.15, -0.1) is 0 Å². The molecule has 7 heteroatoms. The number of aromatic nitrogens is 2. The fraction of sp³-hybridized carbons (Fsp3) is 0.250. The fourth-order valence-corrected chi connectivity index (χ4v) is 2.77. The molecule has 2 N–H and O–H groups in total. The van der Waals surface area contributed by atoms with Gasteiger partial charge < -0.3 is 5.11 Å². The average molecular weight is 281 g/mol. The number of benzene rings is 1. The van der Waals surface area contributed by atoms with Crippen molar-refractivity contribution < 1.29 is 13.5 Å². The van der Waals surface area contributed by atoms with Crippen molar-refractivity contribution in [2.45, 2.75) is 18.4 Å². The van der Waals surface area contributed by atoms with Crippen molar-refractivity contribution in [2.24, 2.45) is 7.05 Å². The van der Waals surface area contributed by atoms with E-state index < -0.39 is 10.0 Å². The highest BCUT2D eigenvalue weighted by molar-refractivity contribution is 7.89. The molecule has 1 heterocycles. The molecular formula is C12H15N3O3S. The number of sulfonamides is 1. The SMILES string of the molecule is Cc1nn(C)cc1CNS(=O)(=O)c1cccc(O)c1. The molecule has 2 rings (SSSR count). The highest BCUT2D eigenvalue weighted by atomic mass is 32.2. The van der Waals surface area contributed by atoms with Gasteiger partial charge in [-0.2, -0.15) is 5.10 Å². The topological polar surface area (TPSA) is 84.2 Å². The third-order valence-corrected chi connectivity index (χ3v) is 4.09. The Kier molecular flexibility index (Phi) is 3.59. The monoisotopic (exact) mass is 281 g/mol. The Labute approximate surface area is 111 Å². The van der Waals surface area contributed by atoms with E-state index in [1.165, 1.54) is 24.3 Å². The van der Waals surface area contributed by atoms with E-state index in [4.69, 9.17) is 0 Å². The van der Waals surface area contributed by atoms with Crippen molar-refractivity contribution in [1.82, 2.24) is 14.5 Å². The van der Waals surface area contributed by atoms with Crippen LogP contribution in [-0.4, -0.2) is 23.3 Å². The van der Waals surface area contributed by atoms with Gasteiger partial charge in [0.1, 0.15) is 5.75 Å². The Morgan fingerprint density at radius 2 is 2.16 bits per heavy atom. The summed E-state index contributed by atoms with van der Waals surface area (Å²) >= 11 is 0. The summed E-state index contributed by atoms with van der Waals surface area (Å²) in [5.41, 5.74) is 1.59. The normalized spacial score (nSPS) is 11.7. The van der Waals surface area contributed by atoms with Crippen LogP contribution in [0.15, 0.2) is 35.4 Å². The number of aromatic hydroxyl groups is 1. The first-order valence-corrected chi connectivity index (χ1v) is 7.14. The van der Waals surface area contributed by atoms with Crippen LogP contribution in [0.5, 0.6) is 5.75 Å². The molecule has 2 aromatic rings. The number of hydrogen-bond donors (Lipinski definition) is 2. The molecule has 0 bridgehead atoms. The van der Waals surface area contributed by atoms with Crippen LogP contribution in [0.1, 0.15) is 11.3 Å². The van der Waals surface area contributed by atoms with Gasteiger partial charge in [0, 0.05) is 25.4 Å². The first-order valence-electron chi connectivity index (χ1n) is 5.66. The lowest BCUT2D eigenvalue weighted by atomic mass is 10.3. The Balaban J connectivity index is 2.16. The van der Waals surface area contributed by atoms with Crippen molar-refractivity contribution in [1.29, 1.82) is 0 Å². The van der Waals surface area contributed by atoms with Crippen molar-refractivity contribution in [3.05, 3.63) is 41.7 Å². The second kappa shape index (κ2) is 5.02. The lowest BCUT2D eigenvalue weighted by Crippen LogP contribution is -2.23. The van der Waals surface area contributed by atoms with Crippen LogP contribution in [-0.2, 0) is 23.6 Å². The molecule has 0 aliphatic heterocycles. The summed E-state index contributed by atoms with van der Waals surface area (Å²) in [4.78, 5) is 0.0362. The molecule has 1 aromatic carbocycles. The first-order chi connectivity index (χ1) is 8.88. The number of hydrogen-bond acceptors (Lipinski definition) is 4. The van der Waals surface area contributed by atoms with E-state index in [0.29, 0.717) is 0 Å². The largest absolute Gasteiger partial charge is 0.508 e. The van der Waals surface area contributed by atoms with Gasteiger partial charge in [0.15, 0.2) is 0 Å². The maximum Gasteiger partial charge on any atom is 0.241 e. The van der Waals surface area contributed by atoms with E-state index in [1.54, 1.807) is 17.9 Å². The molecule has 0 saturated heterocycles. The van der Waals surface area contributed by atoms with Crippen molar-refractivity contribution in [2.75, 3.05) is 0 Å². The molecule has 6 nitrogen and oxygen atoms in total. The molecule has 0 saturated carbocycles. The second-order valence-electron chi connectivity index (χ2n) is 4.24. The maximum absolute atomic E-state index is 12.0. The minimum Gasteiger partial charge on any atom is -0.508 e. The zero-order valence-corrected chi connectivity index (χ0v) is 11.5. The van der Waals surface area contributed by atoms with Gasteiger partial charge >= 0.3 is 0 Å². The van der Waals surface area contributed by atoms with E-state index in [-0.39, 0.29) is 17.2 Å². The highest BCUT2D eigenvalue weighted by Crippen LogP contribution is 2.16. The Bertz CT molecular complexity index is 692. The smallest absolute Gasteiger partial charge is 0.241 e. The summed E-state index contributed by atoms with van der Waals surface area (Å²) in [6.45, 7) is 1.98. The molecule has 0 radical (unpaired) electrons. The quantitative estimate of drug-likeness (QED) is 0.872. The van der Waals surface area contributed by atoms with Crippen LogP contribution >= 0.6 is 0 Å². The first kappa shape index (κ1) is 13.6. The van der Waals surface area contributed by atoms with Crippen LogP contribution in [0.25, 0.3) is 0 Å². The summed E-state index contributed by atoms with van der Waals surface area (Å²) in [5.74, 6) is -0.0829. The summed E-state index contributed by atoms with van der Waals surface area (Å²) in [6.07, 6.45) is 1.76. The fourth-order valence-electron chi connectivity index (χ4n) is 1.73. The zero-order valence-electron chi connectivity index (χ0n) is 10.7. The van der Waals surface area contributed by atoms with E-state index in [1.807, 2.05) is 6.92 Å². The lowest BCUT2D eigenvalue weighted by Gasteiger charge is -2.06. The molecule has 0 aliphatic carbocycles. The predicted molar refractivity (Wildman–Crippen MR) is 70.1 cm³/mol. The van der Waals surface area contributed by atoms with E-state index in [2.05, 4.69) is 9.82 Å². The van der Waals surface area contributed by atoms with Crippen molar-refractivity contribution in [3.8, 4) is 5.75 Å². The molecule has 0 aliphatic rings. The Morgan fingerprint density at radius 1 is 1.42 bits per heavy atom. The van der Waals surface area contributed by atoms with Gasteiger partial charge in [-0.05, 0) is 25.1 Å². The average Bonchev–Trinajstić information content (AvgIpc) is 2.65. The molecule has 0 spiro atoms. The standard InChI is InChI=1S/C12H15N3O3S/c1-9-10(8-15(2)14-9)7-13-19(17,18)12-5-3-4-11(16)6-12/h3-6,8,13,16H,7H2,1-2H3. The number of phenols is 1. The molecule has 102 valence electrons. The summed E-state index contributed by atoms with van der Waals surface area (Å²) < 4.78 is 28.2. The summed E-state index contributed by atoms with van der Waals surface area (Å²) in [6, 6.07) is 5.54. The molecule has 0 unspecified atom stereocenters. The predicted octanol–water partition coefficient (Wildman–Crippen LogP) is 0.913. The van der Waals surface area contributed by atoms with Gasteiger partial charge in [-0.1, -0.05) is 6.07 Å². The van der Waals surface area contributed by atoms with Gasteiger partial charge in [-0.3, -0.25) is 4.68 Å². The van der Waals surface area contributed by atoms with Crippen LogP contribution < -0.4 is 4.72 Å². The summed E-state index contributed by atoms with van der Waals surface area (Å²) in [5, 5.41) is 13.4. The molecular weight excluding hydrogens is 266 g/mol. The maximum atomic E-state index is 12.0. The number of nitrogens with zero attached hydrogens (tertiary/aromatic N) is 2. The lowest BCUT2D eigenvalue weighted by molar-refractivity contribution is 0.473. The van der Waals surface area contributed by atoms with Crippen LogP contribution in [0.3, 0.4) is 0 Å². The van der Waals surface area contributed by atoms with Gasteiger partial charge in [-0.25, -0.2) is 13.1 Å². The van der Waals surface area contributed by atoms with Gasteiger partial charge in [0.25, 0.3) is 0 Å². The summed E-state index contributed by atoms with van der Waals surface area (Å²) in [7, 11) is -1.86. The van der Waals surface area contributed by atoms with Crippen molar-refractivity contribution in [3.63, 3.8) is 0 Å². The van der Waals surface area contributed by atoms with Crippen LogP contribution in [0.2, 0.25) is 0 Å². The van der Waals surface area contributed by atoms with E-state index >= 15 is 0 Å². The molecule has 0 fully saturated rings. The minimum atomic E-state index is -3.64. The third-order valence-electron chi connectivity index (χ3n) is 2.70. The Hall–Kier alpha value is -1.86. The van der Waals surface area contributed by atoms with Crippen LogP contribution in [0.4, 0.5) is 0 Å². The highest BCUT2D eigenvalue weighted by Gasteiger charge is 2.15. The van der Waals surface area contributed by atoms with E-state index in [0.717, 1.165) is 11.3 Å². The molecule has 0 amide bonds. The number of phenolic OH excluding ortho intramolecular Hbond substituents is 1. The molecule has 0 atom stereocenters. The van der Waals surface area contributed by atoms with Crippen LogP contribution in [0, 0.1) is 6.92 Å². The van der Waals surface area contributed by atoms with Crippen molar-refractivity contribution >= 4 is 10.0 Å². The third kappa shape index (κ3) is 3.12. The Morgan fingerprint density at radius 3 is 2.74 bits per heavy atom. The number of nitrogens with one attached hydrogen (secondary N) is 1. The second-order valence-corrected chi connectivity index (χ2v) is 6.00. The number of aryl methyl sites for hydroxylation is 2. The minimum absolute atomic E-state index is 0.0362. The molecule has 19 heavy (non-hydrogen) atoms. The van der Waals surface area contributed by atoms with E-state index in [9.17, 15) is 13.5 Å². The van der Waals surface area contributed by atoms with Gasteiger partial charge in [0.2, 0.25) is 10.0 Å². The number of rotatable bonds is 4. The molecule has 1 aromatic heterocycles. The van der Waals surface area contributed by atoms with Gasteiger partial charge in [0.05, 0.1) is 10.6 Å². The zero-order chi connectivity index (χ0) is 14.0.